The zero-order chi connectivity index (χ0) is 13.9. The van der Waals surface area contributed by atoms with Gasteiger partial charge in [-0.2, -0.15) is 5.10 Å². The topological polar surface area (TPSA) is 64.3 Å². The first-order valence-corrected chi connectivity index (χ1v) is 6.70. The summed E-state index contributed by atoms with van der Waals surface area (Å²) in [6, 6.07) is 9.99. The summed E-state index contributed by atoms with van der Waals surface area (Å²) in [5.74, 6) is 1.77. The summed E-state index contributed by atoms with van der Waals surface area (Å²) in [4.78, 5) is 0. The van der Waals surface area contributed by atoms with E-state index >= 15 is 0 Å². The molecule has 102 valence electrons. The van der Waals surface area contributed by atoms with E-state index in [-0.39, 0.29) is 0 Å². The molecule has 20 heavy (non-hydrogen) atoms. The van der Waals surface area contributed by atoms with Crippen LogP contribution in [0.25, 0.3) is 11.4 Å². The zero-order valence-electron chi connectivity index (χ0n) is 11.0. The molecule has 2 aromatic heterocycles. The third-order valence-electron chi connectivity index (χ3n) is 3.15. The van der Waals surface area contributed by atoms with Crippen LogP contribution in [0.2, 0.25) is 0 Å². The smallest absolute Gasteiger partial charge is 0.195 e. The molecule has 0 spiro atoms. The van der Waals surface area contributed by atoms with E-state index in [9.17, 15) is 0 Å². The van der Waals surface area contributed by atoms with E-state index in [0.717, 1.165) is 23.6 Å². The van der Waals surface area contributed by atoms with Crippen molar-refractivity contribution in [1.29, 1.82) is 0 Å². The van der Waals surface area contributed by atoms with Crippen LogP contribution in [0.4, 0.5) is 0 Å². The van der Waals surface area contributed by atoms with Crippen LogP contribution in [0.3, 0.4) is 0 Å². The van der Waals surface area contributed by atoms with Gasteiger partial charge in [0.2, 0.25) is 0 Å². The molecule has 0 aliphatic heterocycles. The number of H-pyrrole nitrogens is 1. The maximum absolute atomic E-state index is 5.30. The molecule has 3 aromatic rings. The van der Waals surface area contributed by atoms with E-state index in [4.69, 9.17) is 12.2 Å². The van der Waals surface area contributed by atoms with Crippen molar-refractivity contribution in [3.05, 3.63) is 47.3 Å². The number of nitrogens with one attached hydrogen (secondary N) is 1. The molecule has 7 heteroatoms. The predicted molar refractivity (Wildman–Crippen MR) is 77.6 cm³/mol. The first kappa shape index (κ1) is 12.7. The van der Waals surface area contributed by atoms with Crippen molar-refractivity contribution in [2.75, 3.05) is 0 Å². The lowest BCUT2D eigenvalue weighted by Gasteiger charge is -2.06. The third kappa shape index (κ3) is 2.39. The molecular weight excluding hydrogens is 272 g/mol. The van der Waals surface area contributed by atoms with Crippen molar-refractivity contribution < 1.29 is 0 Å². The van der Waals surface area contributed by atoms with E-state index in [1.807, 2.05) is 46.5 Å². The Bertz CT molecular complexity index is 755. The number of aryl methyl sites for hydroxylation is 2. The number of aromatic amines is 1. The minimum atomic E-state index is 0.617. The molecule has 0 atom stereocenters. The molecule has 0 fully saturated rings. The Morgan fingerprint density at radius 1 is 1.25 bits per heavy atom. The number of aromatic nitrogens is 6. The van der Waals surface area contributed by atoms with Crippen LogP contribution >= 0.6 is 12.2 Å². The second-order valence-corrected chi connectivity index (χ2v) is 4.86. The van der Waals surface area contributed by atoms with Gasteiger partial charge in [0.1, 0.15) is 12.2 Å². The Kier molecular flexibility index (Phi) is 3.42. The monoisotopic (exact) mass is 286 g/mol. The van der Waals surface area contributed by atoms with Gasteiger partial charge in [-0.15, -0.1) is 10.2 Å². The number of hydrogen-bond donors (Lipinski definition) is 1. The van der Waals surface area contributed by atoms with Gasteiger partial charge in [0.05, 0.1) is 0 Å². The first-order chi connectivity index (χ1) is 9.75. The molecule has 0 radical (unpaired) electrons. The van der Waals surface area contributed by atoms with Crippen LogP contribution in [0.1, 0.15) is 5.82 Å². The van der Waals surface area contributed by atoms with Crippen molar-refractivity contribution in [3.8, 4) is 11.4 Å². The Hall–Kier alpha value is -2.28. The largest absolute Gasteiger partial charge is 0.321 e. The molecule has 6 nitrogen and oxygen atoms in total. The SMILES string of the molecule is Cn1cnnc1CCn1c(-c2ccccc2)n[nH]c1=S. The highest BCUT2D eigenvalue weighted by molar-refractivity contribution is 7.71. The van der Waals surface area contributed by atoms with Gasteiger partial charge in [-0.1, -0.05) is 30.3 Å². The summed E-state index contributed by atoms with van der Waals surface area (Å²) in [6.07, 6.45) is 2.45. The quantitative estimate of drug-likeness (QED) is 0.745. The average Bonchev–Trinajstić information content (AvgIpc) is 3.04. The Morgan fingerprint density at radius 3 is 2.75 bits per heavy atom. The lowest BCUT2D eigenvalue weighted by Crippen LogP contribution is -2.07. The minimum Gasteiger partial charge on any atom is -0.321 e. The summed E-state index contributed by atoms with van der Waals surface area (Å²) in [5.41, 5.74) is 1.04. The van der Waals surface area contributed by atoms with E-state index in [1.165, 1.54) is 0 Å². The summed E-state index contributed by atoms with van der Waals surface area (Å²) < 4.78 is 4.51. The van der Waals surface area contributed by atoms with E-state index < -0.39 is 0 Å². The molecule has 0 aliphatic rings. The fourth-order valence-electron chi connectivity index (χ4n) is 2.08. The van der Waals surface area contributed by atoms with E-state index in [2.05, 4.69) is 20.4 Å². The zero-order valence-corrected chi connectivity index (χ0v) is 11.8. The fourth-order valence-corrected chi connectivity index (χ4v) is 2.30. The first-order valence-electron chi connectivity index (χ1n) is 6.29. The van der Waals surface area contributed by atoms with Gasteiger partial charge in [0, 0.05) is 25.6 Å². The molecule has 0 aliphatic carbocycles. The molecule has 1 aromatic carbocycles. The number of nitrogens with zero attached hydrogens (tertiary/aromatic N) is 5. The predicted octanol–water partition coefficient (Wildman–Crippen LogP) is 1.98. The Morgan fingerprint density at radius 2 is 2.05 bits per heavy atom. The van der Waals surface area contributed by atoms with Gasteiger partial charge < -0.3 is 4.57 Å². The second-order valence-electron chi connectivity index (χ2n) is 4.48. The lowest BCUT2D eigenvalue weighted by atomic mass is 10.2. The van der Waals surface area contributed by atoms with Crippen molar-refractivity contribution in [3.63, 3.8) is 0 Å². The van der Waals surface area contributed by atoms with Crippen LogP contribution in [0.15, 0.2) is 36.7 Å². The Balaban J connectivity index is 1.89. The van der Waals surface area contributed by atoms with E-state index in [0.29, 0.717) is 11.3 Å². The van der Waals surface area contributed by atoms with Crippen molar-refractivity contribution in [2.24, 2.45) is 7.05 Å². The van der Waals surface area contributed by atoms with Crippen molar-refractivity contribution in [2.45, 2.75) is 13.0 Å². The van der Waals surface area contributed by atoms with Crippen LogP contribution in [0, 0.1) is 4.77 Å². The molecular formula is C13H14N6S. The molecule has 3 rings (SSSR count). The maximum atomic E-state index is 5.30. The third-order valence-corrected chi connectivity index (χ3v) is 3.47. The van der Waals surface area contributed by atoms with Gasteiger partial charge in [-0.05, 0) is 12.2 Å². The van der Waals surface area contributed by atoms with Gasteiger partial charge in [0.15, 0.2) is 10.6 Å². The molecule has 0 amide bonds. The maximum Gasteiger partial charge on any atom is 0.195 e. The number of rotatable bonds is 4. The van der Waals surface area contributed by atoms with E-state index in [1.54, 1.807) is 6.33 Å². The normalized spacial score (nSPS) is 10.8. The van der Waals surface area contributed by atoms with Crippen molar-refractivity contribution in [1.82, 2.24) is 29.5 Å². The van der Waals surface area contributed by atoms with Crippen LogP contribution in [-0.2, 0) is 20.0 Å². The number of hydrogen-bond acceptors (Lipinski definition) is 4. The Labute approximate surface area is 121 Å². The molecule has 0 saturated heterocycles. The second kappa shape index (κ2) is 5.38. The average molecular weight is 286 g/mol. The summed E-state index contributed by atoms with van der Waals surface area (Å²) in [6.45, 7) is 0.714. The van der Waals surface area contributed by atoms with Gasteiger partial charge in [0.25, 0.3) is 0 Å². The fraction of sp³-hybridized carbons (Fsp3) is 0.231. The molecule has 2 heterocycles. The molecule has 0 unspecified atom stereocenters. The van der Waals surface area contributed by atoms with Crippen LogP contribution in [-0.4, -0.2) is 29.5 Å². The summed E-state index contributed by atoms with van der Waals surface area (Å²) in [5, 5.41) is 15.1. The van der Waals surface area contributed by atoms with Crippen molar-refractivity contribution >= 4 is 12.2 Å². The summed E-state index contributed by atoms with van der Waals surface area (Å²) in [7, 11) is 1.93. The van der Waals surface area contributed by atoms with Crippen LogP contribution in [0.5, 0.6) is 0 Å². The van der Waals surface area contributed by atoms with Gasteiger partial charge in [-0.3, -0.25) is 9.67 Å². The highest BCUT2D eigenvalue weighted by atomic mass is 32.1. The number of benzene rings is 1. The minimum absolute atomic E-state index is 0.617. The summed E-state index contributed by atoms with van der Waals surface area (Å²) >= 11 is 5.30. The standard InChI is InChI=1S/C13H14N6S/c1-18-9-14-15-11(18)7-8-19-12(16-17-13(19)20)10-5-3-2-4-6-10/h2-6,9H,7-8H2,1H3,(H,17,20). The van der Waals surface area contributed by atoms with Gasteiger partial charge in [-0.25, -0.2) is 0 Å². The van der Waals surface area contributed by atoms with Gasteiger partial charge >= 0.3 is 0 Å². The highest BCUT2D eigenvalue weighted by Gasteiger charge is 2.09. The molecule has 0 saturated carbocycles. The lowest BCUT2D eigenvalue weighted by molar-refractivity contribution is 0.646. The highest BCUT2D eigenvalue weighted by Crippen LogP contribution is 2.16. The van der Waals surface area contributed by atoms with Crippen LogP contribution < -0.4 is 0 Å². The molecule has 1 N–H and O–H groups in total. The molecule has 0 bridgehead atoms.